The van der Waals surface area contributed by atoms with Crippen LogP contribution in [-0.4, -0.2) is 83.0 Å². The van der Waals surface area contributed by atoms with Crippen LogP contribution in [0.25, 0.3) is 10.8 Å². The second kappa shape index (κ2) is 12.9. The Balaban J connectivity index is 1.18. The number of nitrogens with zero attached hydrogens (tertiary/aromatic N) is 7. The van der Waals surface area contributed by atoms with Gasteiger partial charge in [0.25, 0.3) is 0 Å². The Bertz CT molecular complexity index is 1870. The zero-order chi connectivity index (χ0) is 33.7. The molecule has 0 amide bonds. The van der Waals surface area contributed by atoms with Gasteiger partial charge < -0.3 is 29.7 Å². The smallest absolute Gasteiger partial charge is 0.318 e. The molecular weight excluding hydrogens is 630 g/mol. The van der Waals surface area contributed by atoms with E-state index in [0.29, 0.717) is 75.2 Å². The molecule has 1 unspecified atom stereocenters. The lowest BCUT2D eigenvalue weighted by Gasteiger charge is -2.35. The van der Waals surface area contributed by atoms with Gasteiger partial charge in [0.2, 0.25) is 0 Å². The lowest BCUT2D eigenvalue weighted by molar-refractivity contribution is 0.0512. The van der Waals surface area contributed by atoms with Crippen molar-refractivity contribution in [2.45, 2.75) is 76.8 Å². The van der Waals surface area contributed by atoms with Crippen LogP contribution in [0.4, 0.5) is 26.1 Å². The molecule has 2 N–H and O–H groups in total. The number of rotatable bonds is 9. The van der Waals surface area contributed by atoms with Crippen molar-refractivity contribution in [2.75, 3.05) is 62.2 Å². The summed E-state index contributed by atoms with van der Waals surface area (Å²) in [6.07, 6.45) is 3.69. The van der Waals surface area contributed by atoms with Gasteiger partial charge in [-0.05, 0) is 61.7 Å². The van der Waals surface area contributed by atoms with Gasteiger partial charge in [-0.2, -0.15) is 15.1 Å². The third-order valence-electron chi connectivity index (χ3n) is 10.7. The van der Waals surface area contributed by atoms with Crippen LogP contribution in [0.5, 0.6) is 11.8 Å². The van der Waals surface area contributed by atoms with E-state index < -0.39 is 6.17 Å². The van der Waals surface area contributed by atoms with E-state index in [1.807, 2.05) is 35.9 Å². The normalized spacial score (nSPS) is 22.2. The second-order valence-corrected chi connectivity index (χ2v) is 13.8. The number of halogens is 2. The number of fused-ring (bicyclic) bond motifs is 4. The summed E-state index contributed by atoms with van der Waals surface area (Å²) in [7, 11) is 1.59. The van der Waals surface area contributed by atoms with E-state index in [4.69, 9.17) is 29.9 Å². The van der Waals surface area contributed by atoms with Crippen LogP contribution in [0, 0.1) is 5.82 Å². The highest BCUT2D eigenvalue weighted by Crippen LogP contribution is 2.42. The van der Waals surface area contributed by atoms with Crippen LogP contribution in [0.1, 0.15) is 55.1 Å². The maximum absolute atomic E-state index is 15.2. The molecule has 0 spiro atoms. The minimum atomic E-state index is -0.844. The Morgan fingerprint density at radius 1 is 1.02 bits per heavy atom. The number of benzene rings is 2. The Morgan fingerprint density at radius 2 is 1.92 bits per heavy atom. The van der Waals surface area contributed by atoms with E-state index in [1.165, 1.54) is 6.07 Å². The Kier molecular flexibility index (Phi) is 8.43. The monoisotopic (exact) mass is 674 g/mol. The first-order valence-electron chi connectivity index (χ1n) is 17.4. The number of nitrogens with two attached hydrogens (primary N) is 1. The largest absolute Gasteiger partial charge is 0.467 e. The third-order valence-corrected chi connectivity index (χ3v) is 10.7. The summed E-state index contributed by atoms with van der Waals surface area (Å²) in [5, 5.41) is 6.28. The Morgan fingerprint density at radius 3 is 2.78 bits per heavy atom. The number of ether oxygens (including phenoxy) is 3. The average molecular weight is 675 g/mol. The summed E-state index contributed by atoms with van der Waals surface area (Å²) in [6.45, 7) is 7.12. The summed E-state index contributed by atoms with van der Waals surface area (Å²) in [6, 6.07) is 9.49. The highest BCUT2D eigenvalue weighted by atomic mass is 19.1. The molecule has 2 aromatic carbocycles. The molecule has 6 heterocycles. The maximum Gasteiger partial charge on any atom is 0.318 e. The molecule has 49 heavy (non-hydrogen) atoms. The van der Waals surface area contributed by atoms with E-state index in [0.717, 1.165) is 78.1 Å². The first-order valence-corrected chi connectivity index (χ1v) is 17.4. The Labute approximate surface area is 284 Å². The average Bonchev–Trinajstić information content (AvgIpc) is 3.70. The third kappa shape index (κ3) is 5.90. The van der Waals surface area contributed by atoms with Crippen molar-refractivity contribution in [1.29, 1.82) is 0 Å². The summed E-state index contributed by atoms with van der Waals surface area (Å²) in [4.78, 5) is 16.9. The molecule has 260 valence electrons. The fourth-order valence-corrected chi connectivity index (χ4v) is 8.50. The van der Waals surface area contributed by atoms with Crippen molar-refractivity contribution in [2.24, 2.45) is 0 Å². The number of methoxy groups -OCH3 is 1. The number of nitrogen functional groups attached to an aromatic ring is 1. The number of aryl methyl sites for hydroxylation is 2. The predicted octanol–water partition coefficient (Wildman–Crippen LogP) is 5.02. The van der Waals surface area contributed by atoms with Gasteiger partial charge in [0.15, 0.2) is 6.79 Å². The van der Waals surface area contributed by atoms with Gasteiger partial charge in [-0.15, -0.1) is 0 Å². The fraction of sp³-hybridized carbons (Fsp3) is 0.528. The molecule has 4 aliphatic heterocycles. The topological polar surface area (TPSA) is 107 Å². The van der Waals surface area contributed by atoms with Crippen LogP contribution in [-0.2, 0) is 37.2 Å². The summed E-state index contributed by atoms with van der Waals surface area (Å²) < 4.78 is 49.4. The summed E-state index contributed by atoms with van der Waals surface area (Å²) in [5.74, 6) is 1.80. The molecule has 2 atom stereocenters. The standard InChI is InChI=1S/C36H44F2N8O3/c1-3-27-29(38)7-6-23-14-26(49-22-47-2)16-31(33(23)27)43-13-8-28-30(20-43)40-35(48-21-36-9-4-11-45(36)18-24(37)17-36)41-34(28)44-10-5-12-46-25(19-44)15-32(39)42-46/h6-7,14-16,24H,3-5,8-13,17-22H2,1-2H3,(H2,39,42)/t24-,36?/m1/s1. The number of hydrogen-bond donors (Lipinski definition) is 1. The second-order valence-electron chi connectivity index (χ2n) is 13.8. The molecule has 0 radical (unpaired) electrons. The van der Waals surface area contributed by atoms with Gasteiger partial charge in [0, 0.05) is 68.5 Å². The first kappa shape index (κ1) is 32.0. The van der Waals surface area contributed by atoms with Crippen LogP contribution >= 0.6 is 0 Å². The van der Waals surface area contributed by atoms with E-state index in [9.17, 15) is 4.39 Å². The van der Waals surface area contributed by atoms with Crippen LogP contribution < -0.4 is 25.0 Å². The molecule has 13 heteroatoms. The molecular formula is C36H44F2N8O3. The maximum atomic E-state index is 15.2. The van der Waals surface area contributed by atoms with Crippen LogP contribution in [0.3, 0.4) is 0 Å². The van der Waals surface area contributed by atoms with E-state index in [1.54, 1.807) is 7.11 Å². The summed E-state index contributed by atoms with van der Waals surface area (Å²) in [5.41, 5.74) is 10.3. The van der Waals surface area contributed by atoms with E-state index in [-0.39, 0.29) is 18.1 Å². The number of anilines is 3. The predicted molar refractivity (Wildman–Crippen MR) is 183 cm³/mol. The number of alkyl halides is 1. The first-order chi connectivity index (χ1) is 23.8. The molecule has 4 aliphatic rings. The molecule has 0 bridgehead atoms. The zero-order valence-electron chi connectivity index (χ0n) is 28.3. The Hall–Kier alpha value is -4.23. The van der Waals surface area contributed by atoms with Crippen molar-refractivity contribution in [3.05, 3.63) is 58.7 Å². The molecule has 11 nitrogen and oxygen atoms in total. The lowest BCUT2D eigenvalue weighted by atomic mass is 9.95. The minimum Gasteiger partial charge on any atom is -0.467 e. The molecule has 2 saturated heterocycles. The van der Waals surface area contributed by atoms with Gasteiger partial charge in [0.05, 0.1) is 30.0 Å². The highest BCUT2D eigenvalue weighted by molar-refractivity contribution is 5.98. The van der Waals surface area contributed by atoms with Gasteiger partial charge in [-0.1, -0.05) is 13.0 Å². The molecule has 0 aliphatic carbocycles. The highest BCUT2D eigenvalue weighted by Gasteiger charge is 2.49. The zero-order valence-corrected chi connectivity index (χ0v) is 28.3. The minimum absolute atomic E-state index is 0.107. The molecule has 2 aromatic heterocycles. The van der Waals surface area contributed by atoms with E-state index >= 15 is 4.39 Å². The van der Waals surface area contributed by atoms with Gasteiger partial charge in [-0.3, -0.25) is 9.58 Å². The van der Waals surface area contributed by atoms with Gasteiger partial charge in [-0.25, -0.2) is 8.78 Å². The fourth-order valence-electron chi connectivity index (χ4n) is 8.50. The molecule has 8 rings (SSSR count). The van der Waals surface area contributed by atoms with Crippen LogP contribution in [0.2, 0.25) is 0 Å². The van der Waals surface area contributed by atoms with Gasteiger partial charge in [0.1, 0.15) is 36.0 Å². The van der Waals surface area contributed by atoms with Crippen molar-refractivity contribution in [3.63, 3.8) is 0 Å². The number of aromatic nitrogens is 4. The van der Waals surface area contributed by atoms with Crippen molar-refractivity contribution >= 4 is 28.1 Å². The molecule has 4 aromatic rings. The van der Waals surface area contributed by atoms with E-state index in [2.05, 4.69) is 19.8 Å². The number of hydrogen-bond acceptors (Lipinski definition) is 10. The van der Waals surface area contributed by atoms with Gasteiger partial charge >= 0.3 is 6.01 Å². The quantitative estimate of drug-likeness (QED) is 0.243. The summed E-state index contributed by atoms with van der Waals surface area (Å²) >= 11 is 0. The molecule has 0 saturated carbocycles. The van der Waals surface area contributed by atoms with Crippen molar-refractivity contribution in [3.8, 4) is 11.8 Å². The van der Waals surface area contributed by atoms with Crippen molar-refractivity contribution < 1.29 is 23.0 Å². The SMILES string of the molecule is CCc1c(F)ccc2cc(OCOC)cc(N3CCc4c(nc(OCC56CCCN5C[C@H](F)C6)nc4N4CCCn5nc(N)cc5C4)C3)c12. The van der Waals surface area contributed by atoms with Crippen molar-refractivity contribution in [1.82, 2.24) is 24.6 Å². The lowest BCUT2D eigenvalue weighted by Crippen LogP contribution is -2.43. The molecule has 2 fully saturated rings. The van der Waals surface area contributed by atoms with Crippen LogP contribution in [0.15, 0.2) is 30.3 Å².